The van der Waals surface area contributed by atoms with Crippen LogP contribution >= 0.6 is 0 Å². The predicted molar refractivity (Wildman–Crippen MR) is 414 cm³/mol. The van der Waals surface area contributed by atoms with E-state index in [-0.39, 0.29) is 89.0 Å². The van der Waals surface area contributed by atoms with Gasteiger partial charge in [0.05, 0.1) is 43.1 Å². The van der Waals surface area contributed by atoms with E-state index in [9.17, 15) is 40.8 Å². The fourth-order valence-electron chi connectivity index (χ4n) is 12.5. The molecule has 598 valence electrons. The van der Waals surface area contributed by atoms with Crippen molar-refractivity contribution in [3.8, 4) is 0 Å². The molecule has 4 aliphatic carbocycles. The zero-order valence-corrected chi connectivity index (χ0v) is 73.5. The molecule has 24 nitrogen and oxygen atoms in total. The first-order chi connectivity index (χ1) is 46.6. The fraction of sp³-hybridized carbons (Fsp3) is 0.851. The molecule has 103 heavy (non-hydrogen) atoms. The maximum absolute atomic E-state index is 12.3. The Bertz CT molecular complexity index is 2720. The summed E-state index contributed by atoms with van der Waals surface area (Å²) in [6, 6.07) is 7.71. The number of nitrogens with one attached hydrogen (secondary N) is 4. The van der Waals surface area contributed by atoms with Gasteiger partial charge in [-0.1, -0.05) is 185 Å². The van der Waals surface area contributed by atoms with Crippen LogP contribution in [-0.2, 0) is 48.1 Å². The summed E-state index contributed by atoms with van der Waals surface area (Å²) in [4.78, 5) is 63.4. The molecule has 5 rings (SSSR count). The number of nitrogens with zero attached hydrogens (tertiary/aromatic N) is 2. The molecule has 0 radical (unpaired) electrons. The van der Waals surface area contributed by atoms with Crippen LogP contribution in [0.4, 0.5) is 24.0 Å². The number of hydrogen-bond donors (Lipinski definition) is 6. The third kappa shape index (κ3) is 57.5. The van der Waals surface area contributed by atoms with Crippen molar-refractivity contribution >= 4 is 66.9 Å². The third-order valence-corrected chi connectivity index (χ3v) is 22.4. The topological polar surface area (TPSA) is 340 Å². The van der Waals surface area contributed by atoms with Crippen molar-refractivity contribution in [2.75, 3.05) is 66.9 Å². The van der Waals surface area contributed by atoms with Crippen LogP contribution in [0.3, 0.4) is 0 Å². The van der Waals surface area contributed by atoms with Crippen LogP contribution in [-0.4, -0.2) is 191 Å². The van der Waals surface area contributed by atoms with Gasteiger partial charge in [-0.3, -0.25) is 8.74 Å². The van der Waals surface area contributed by atoms with Crippen molar-refractivity contribution < 1.29 is 108 Å². The molecule has 4 fully saturated rings. The summed E-state index contributed by atoms with van der Waals surface area (Å²) in [6.07, 6.45) is 28.2. The molecule has 1 aromatic carbocycles. The van der Waals surface area contributed by atoms with Crippen LogP contribution in [0.2, 0.25) is 51.4 Å². The minimum Gasteiger partial charge on any atom is -0.870 e. The van der Waals surface area contributed by atoms with E-state index in [0.29, 0.717) is 38.1 Å². The smallest absolute Gasteiger partial charge is 0.870 e. The molecule has 0 unspecified atom stereocenters. The van der Waals surface area contributed by atoms with Crippen LogP contribution in [0, 0.1) is 30.6 Å². The van der Waals surface area contributed by atoms with Crippen LogP contribution in [0.25, 0.3) is 0 Å². The number of likely N-dealkylation sites (N-methyl/N-ethyl adjacent to an activating group) is 3. The van der Waals surface area contributed by atoms with Gasteiger partial charge >= 0.3 is 60.0 Å². The van der Waals surface area contributed by atoms with Crippen LogP contribution in [0.1, 0.15) is 222 Å². The molecule has 4 aliphatic rings. The van der Waals surface area contributed by atoms with E-state index in [4.69, 9.17) is 38.2 Å². The van der Waals surface area contributed by atoms with Crippen molar-refractivity contribution in [2.24, 2.45) is 29.4 Å². The standard InChI is InChI=1S/C21H42N2O4Si.C16H34N2O2Si.C15H30N2O2.C15H29NO5S.C7H8O3S.Na.H2O/c1-21(2,3)27-19(24)22-18(15-17-11-9-8-10-12-17)16-23(4)20(25)26-13-14-28(5,6)7;1-18(16(19)20-10-11-21(2,3)4)13-15(17)12-14-8-6-5-7-9-14;1-15(2,3)19-14(18)17-13(11-16-4)10-12-8-6-5-7-9-12;1-15(2,3)21-14(17)16-13(11-20-22(4,18)19)10-12-8-6-5-7-9-12;1-6-2-4-7(5-3-6)11(8,9)10;;/h17-18H,8-16H2,1-7H3,(H,22,24);14-15H,5-13,17H2,1-4H3;12-13,16H,5-11H2,1-4H3,(H,17,18);12-13H,5-11H2,1-4H3,(H,16,17);2-5H,1H3,(H,8,9,10);;1H2/q;;;;;+1;/p-1/t18-;15-;2*13-;;;/m0000.../s1. The Morgan fingerprint density at radius 2 is 0.845 bits per heavy atom. The average Bonchev–Trinajstić information content (AvgIpc) is 0.882. The first kappa shape index (κ1) is 102. The van der Waals surface area contributed by atoms with E-state index in [1.165, 1.54) is 128 Å². The SMILES string of the molecule is CC(C)(C)OC(=O)N[C@H](COS(C)(=O)=O)CC1CCCCC1.CN(C[C@@H](N)CC1CCCCC1)C(=O)OCC[Si](C)(C)C.CN(C[C@H](CC1CCCCC1)NC(=O)OC(C)(C)C)C(=O)OCC[Si](C)(C)C.CNC[C@H](CC1CCCCC1)NC(=O)OC(C)(C)C.Cc1ccc(S(=O)(=O)O)cc1.[Na+].[OH-]. The van der Waals surface area contributed by atoms with Gasteiger partial charge in [0.25, 0.3) is 20.2 Å². The average molecular weight is 1550 g/mol. The first-order valence-corrected chi connectivity index (χ1v) is 48.3. The monoisotopic (exact) mass is 1550 g/mol. The summed E-state index contributed by atoms with van der Waals surface area (Å²) in [6.45, 7) is 34.8. The van der Waals surface area contributed by atoms with E-state index in [1.54, 1.807) is 56.8 Å². The van der Waals surface area contributed by atoms with Crippen LogP contribution in [0.15, 0.2) is 29.2 Å². The summed E-state index contributed by atoms with van der Waals surface area (Å²) < 4.78 is 83.5. The van der Waals surface area contributed by atoms with E-state index >= 15 is 0 Å². The van der Waals surface area contributed by atoms with Crippen molar-refractivity contribution in [3.63, 3.8) is 0 Å². The zero-order chi connectivity index (χ0) is 76.8. The van der Waals surface area contributed by atoms with Gasteiger partial charge < -0.3 is 66.0 Å². The third-order valence-electron chi connectivity index (χ3n) is 17.6. The van der Waals surface area contributed by atoms with Gasteiger partial charge in [-0.05, 0) is 150 Å². The van der Waals surface area contributed by atoms with E-state index < -0.39 is 65.4 Å². The Morgan fingerprint density at radius 1 is 0.534 bits per heavy atom. The summed E-state index contributed by atoms with van der Waals surface area (Å²) >= 11 is 0. The van der Waals surface area contributed by atoms with E-state index in [1.807, 2.05) is 55.5 Å². The molecule has 0 bridgehead atoms. The largest absolute Gasteiger partial charge is 1.00 e. The Morgan fingerprint density at radius 3 is 1.17 bits per heavy atom. The Labute approximate surface area is 648 Å². The Hall–Kier alpha value is -3.30. The fourth-order valence-corrected chi connectivity index (χ4v) is 14.8. The number of hydrogen-bond acceptors (Lipinski definition) is 18. The second kappa shape index (κ2) is 51.2. The molecule has 8 N–H and O–H groups in total. The number of alkyl carbamates (subject to hydrolysis) is 3. The number of amides is 5. The van der Waals surface area contributed by atoms with Gasteiger partial charge in [0, 0.05) is 62.0 Å². The van der Waals surface area contributed by atoms with Crippen molar-refractivity contribution in [2.45, 2.75) is 321 Å². The number of carbonyl (C=O) groups is 5. The molecule has 0 aromatic heterocycles. The number of carbonyl (C=O) groups excluding carboxylic acids is 5. The molecule has 0 heterocycles. The Balaban J connectivity index is 0. The Kier molecular flexibility index (Phi) is 50.5. The normalized spacial score (nSPS) is 17.1. The molecular weight excluding hydrogens is 1400 g/mol. The van der Waals surface area contributed by atoms with E-state index in [0.717, 1.165) is 80.8 Å². The molecular formula is C74H144N7NaO17S2Si2. The van der Waals surface area contributed by atoms with Crippen LogP contribution < -0.4 is 56.6 Å². The maximum Gasteiger partial charge on any atom is 1.00 e. The molecule has 0 spiro atoms. The molecule has 4 saturated carbocycles. The van der Waals surface area contributed by atoms with Gasteiger partial charge in [0.2, 0.25) is 0 Å². The van der Waals surface area contributed by atoms with Crippen molar-refractivity contribution in [1.29, 1.82) is 0 Å². The summed E-state index contributed by atoms with van der Waals surface area (Å²) in [7, 11) is -4.47. The number of aryl methyl sites for hydroxylation is 1. The number of ether oxygens (including phenoxy) is 5. The van der Waals surface area contributed by atoms with Gasteiger partial charge in [0.1, 0.15) is 16.8 Å². The molecule has 4 atom stereocenters. The minimum absolute atomic E-state index is 0. The van der Waals surface area contributed by atoms with Crippen molar-refractivity contribution in [3.05, 3.63) is 29.8 Å². The van der Waals surface area contributed by atoms with Crippen molar-refractivity contribution in [1.82, 2.24) is 31.1 Å². The summed E-state index contributed by atoms with van der Waals surface area (Å²) in [5.41, 5.74) is 5.60. The maximum atomic E-state index is 12.3. The second-order valence-electron chi connectivity index (χ2n) is 34.2. The molecule has 5 amide bonds. The molecule has 0 aliphatic heterocycles. The molecule has 1 aromatic rings. The predicted octanol–water partition coefficient (Wildman–Crippen LogP) is 12.9. The van der Waals surface area contributed by atoms with Gasteiger partial charge in [-0.25, -0.2) is 24.0 Å². The van der Waals surface area contributed by atoms with Gasteiger partial charge in [0.15, 0.2) is 0 Å². The van der Waals surface area contributed by atoms with Crippen LogP contribution in [0.5, 0.6) is 0 Å². The molecule has 29 heteroatoms. The number of nitrogens with two attached hydrogens (primary N) is 1. The van der Waals surface area contributed by atoms with E-state index in [2.05, 4.69) is 60.5 Å². The number of rotatable bonds is 27. The summed E-state index contributed by atoms with van der Waals surface area (Å²) in [5.74, 6) is 2.59. The first-order valence-electron chi connectivity index (χ1n) is 37.6. The zero-order valence-electron chi connectivity index (χ0n) is 67.9. The van der Waals surface area contributed by atoms with Gasteiger partial charge in [-0.15, -0.1) is 0 Å². The second-order valence-corrected chi connectivity index (χ2v) is 48.5. The molecule has 0 saturated heterocycles. The minimum atomic E-state index is -4.02. The quantitative estimate of drug-likeness (QED) is 0.0206. The summed E-state index contributed by atoms with van der Waals surface area (Å²) in [5, 5.41) is 11.9. The van der Waals surface area contributed by atoms with Gasteiger partial charge in [-0.2, -0.15) is 16.8 Å². The number of benzene rings is 1.